The fourth-order valence-corrected chi connectivity index (χ4v) is 2.74. The van der Waals surface area contributed by atoms with Crippen LogP contribution in [-0.2, 0) is 14.4 Å². The second kappa shape index (κ2) is 22.7. The van der Waals surface area contributed by atoms with E-state index in [-0.39, 0.29) is 77.9 Å². The number of rotatable bonds is 17. The van der Waals surface area contributed by atoms with Gasteiger partial charge in [0.1, 0.15) is 6.04 Å². The molecule has 0 saturated heterocycles. The van der Waals surface area contributed by atoms with Crippen molar-refractivity contribution in [1.82, 2.24) is 5.32 Å². The van der Waals surface area contributed by atoms with Gasteiger partial charge < -0.3 is 15.5 Å². The molecule has 0 aliphatic carbocycles. The normalized spacial score (nSPS) is 11.0. The SMILES string of the molecule is CCCCCCCCCCCCCC(=O)N[C@@H](CCC(=O)O)C(=O)O.[Na].[Na]. The van der Waals surface area contributed by atoms with Gasteiger partial charge in [0, 0.05) is 72.0 Å². The second-order valence-electron chi connectivity index (χ2n) is 6.68. The summed E-state index contributed by atoms with van der Waals surface area (Å²) in [6.07, 6.45) is 13.1. The van der Waals surface area contributed by atoms with Gasteiger partial charge in [-0.15, -0.1) is 0 Å². The maximum atomic E-state index is 11.7. The number of nitrogens with one attached hydrogen (secondary N) is 1. The summed E-state index contributed by atoms with van der Waals surface area (Å²) in [4.78, 5) is 33.2. The topological polar surface area (TPSA) is 104 Å². The first kappa shape index (κ1) is 32.1. The van der Waals surface area contributed by atoms with E-state index in [0.717, 1.165) is 19.3 Å². The number of amides is 1. The number of carbonyl (C=O) groups excluding carboxylic acids is 1. The van der Waals surface area contributed by atoms with Crippen molar-refractivity contribution in [2.75, 3.05) is 0 Å². The van der Waals surface area contributed by atoms with Crippen molar-refractivity contribution in [3.8, 4) is 0 Å². The van der Waals surface area contributed by atoms with E-state index in [9.17, 15) is 14.4 Å². The van der Waals surface area contributed by atoms with Crippen LogP contribution in [0.4, 0.5) is 0 Å². The molecule has 0 fully saturated rings. The van der Waals surface area contributed by atoms with Gasteiger partial charge in [-0.1, -0.05) is 71.1 Å². The van der Waals surface area contributed by atoms with Gasteiger partial charge in [-0.2, -0.15) is 0 Å². The third-order valence-electron chi connectivity index (χ3n) is 4.29. The zero-order valence-electron chi connectivity index (χ0n) is 17.6. The molecule has 0 unspecified atom stereocenters. The molecule has 0 rings (SSSR count). The number of hydrogen-bond donors (Lipinski definition) is 3. The van der Waals surface area contributed by atoms with Crippen molar-refractivity contribution in [2.45, 2.75) is 103 Å². The standard InChI is InChI=1S/C19H35NO5.2Na/c1-2-3-4-5-6-7-8-9-10-11-12-13-17(21)20-16(19(24)25)14-15-18(22)23;;/h16H,2-15H2,1H3,(H,20,21)(H,22,23)(H,24,25);;/t16-;;/m0../s1. The average Bonchev–Trinajstić information content (AvgIpc) is 2.56. The van der Waals surface area contributed by atoms with Gasteiger partial charge in [-0.3, -0.25) is 9.59 Å². The van der Waals surface area contributed by atoms with E-state index in [1.54, 1.807) is 0 Å². The van der Waals surface area contributed by atoms with Crippen LogP contribution in [0.1, 0.15) is 96.8 Å². The van der Waals surface area contributed by atoms with Crippen LogP contribution in [0.25, 0.3) is 0 Å². The van der Waals surface area contributed by atoms with Crippen molar-refractivity contribution >= 4 is 77.0 Å². The van der Waals surface area contributed by atoms with Gasteiger partial charge in [-0.25, -0.2) is 4.79 Å². The zero-order chi connectivity index (χ0) is 18.9. The van der Waals surface area contributed by atoms with E-state index in [0.29, 0.717) is 6.42 Å². The Bertz CT molecular complexity index is 394. The van der Waals surface area contributed by atoms with Gasteiger partial charge in [0.2, 0.25) is 5.91 Å². The molecule has 0 heterocycles. The maximum Gasteiger partial charge on any atom is 0.326 e. The number of aliphatic carboxylic acids is 2. The molecular formula is C19H35NNa2O5. The minimum atomic E-state index is -1.19. The Hall–Kier alpha value is 0.410. The number of unbranched alkanes of at least 4 members (excludes halogenated alkanes) is 10. The minimum Gasteiger partial charge on any atom is -0.481 e. The molecule has 0 aliphatic rings. The summed E-state index contributed by atoms with van der Waals surface area (Å²) < 4.78 is 0. The molecule has 0 saturated carbocycles. The largest absolute Gasteiger partial charge is 0.481 e. The molecule has 0 aromatic carbocycles. The van der Waals surface area contributed by atoms with E-state index >= 15 is 0 Å². The number of hydrogen-bond acceptors (Lipinski definition) is 3. The van der Waals surface area contributed by atoms with Crippen LogP contribution in [0.15, 0.2) is 0 Å². The van der Waals surface area contributed by atoms with Crippen molar-refractivity contribution in [2.24, 2.45) is 0 Å². The smallest absolute Gasteiger partial charge is 0.326 e. The summed E-state index contributed by atoms with van der Waals surface area (Å²) in [6, 6.07) is -1.11. The van der Waals surface area contributed by atoms with Crippen molar-refractivity contribution in [3.63, 3.8) is 0 Å². The Labute approximate surface area is 208 Å². The van der Waals surface area contributed by atoms with E-state index in [4.69, 9.17) is 10.2 Å². The van der Waals surface area contributed by atoms with Crippen LogP contribution >= 0.6 is 0 Å². The van der Waals surface area contributed by atoms with Crippen LogP contribution in [0.5, 0.6) is 0 Å². The first-order valence-corrected chi connectivity index (χ1v) is 9.71. The van der Waals surface area contributed by atoms with Crippen LogP contribution in [0, 0.1) is 0 Å². The van der Waals surface area contributed by atoms with Gasteiger partial charge >= 0.3 is 11.9 Å². The van der Waals surface area contributed by atoms with Crippen molar-refractivity contribution in [1.29, 1.82) is 0 Å². The summed E-state index contributed by atoms with van der Waals surface area (Å²) in [5, 5.41) is 20.0. The summed E-state index contributed by atoms with van der Waals surface area (Å²) in [7, 11) is 0. The molecule has 0 aliphatic heterocycles. The number of carboxylic acids is 2. The van der Waals surface area contributed by atoms with Crippen molar-refractivity contribution < 1.29 is 24.6 Å². The van der Waals surface area contributed by atoms with Gasteiger partial charge in [-0.05, 0) is 12.8 Å². The molecule has 148 valence electrons. The quantitative estimate of drug-likeness (QED) is 0.255. The molecule has 0 spiro atoms. The third-order valence-corrected chi connectivity index (χ3v) is 4.29. The Morgan fingerprint density at radius 3 is 1.59 bits per heavy atom. The summed E-state index contributed by atoms with van der Waals surface area (Å²) in [6.45, 7) is 2.22. The van der Waals surface area contributed by atoms with Crippen LogP contribution in [0.2, 0.25) is 0 Å². The molecule has 3 N–H and O–H groups in total. The van der Waals surface area contributed by atoms with Gasteiger partial charge in [0.05, 0.1) is 0 Å². The van der Waals surface area contributed by atoms with E-state index in [1.807, 2.05) is 0 Å². The summed E-state index contributed by atoms with van der Waals surface area (Å²) in [5.74, 6) is -2.56. The van der Waals surface area contributed by atoms with Gasteiger partial charge in [0.25, 0.3) is 0 Å². The molecule has 6 nitrogen and oxygen atoms in total. The Morgan fingerprint density at radius 1 is 0.741 bits per heavy atom. The first-order valence-electron chi connectivity index (χ1n) is 9.71. The Kier molecular flexibility index (Phi) is 27.0. The van der Waals surface area contributed by atoms with Crippen LogP contribution < -0.4 is 5.32 Å². The molecule has 0 bridgehead atoms. The van der Waals surface area contributed by atoms with E-state index < -0.39 is 18.0 Å². The molecule has 0 aromatic heterocycles. The minimum absolute atomic E-state index is 0. The molecule has 2 radical (unpaired) electrons. The predicted octanol–water partition coefficient (Wildman–Crippen LogP) is 3.36. The first-order chi connectivity index (χ1) is 12.0. The van der Waals surface area contributed by atoms with Crippen LogP contribution in [-0.4, -0.2) is 93.2 Å². The van der Waals surface area contributed by atoms with Gasteiger partial charge in [0.15, 0.2) is 0 Å². The fraction of sp³-hybridized carbons (Fsp3) is 0.842. The molecular weight excluding hydrogens is 368 g/mol. The molecule has 27 heavy (non-hydrogen) atoms. The summed E-state index contributed by atoms with van der Waals surface area (Å²) >= 11 is 0. The molecule has 1 amide bonds. The van der Waals surface area contributed by atoms with E-state index in [2.05, 4.69) is 12.2 Å². The average molecular weight is 403 g/mol. The molecule has 8 heteroatoms. The molecule has 1 atom stereocenters. The number of carboxylic acid groups (broad SMARTS) is 2. The monoisotopic (exact) mass is 403 g/mol. The van der Waals surface area contributed by atoms with Crippen molar-refractivity contribution in [3.05, 3.63) is 0 Å². The predicted molar refractivity (Wildman–Crippen MR) is 109 cm³/mol. The second-order valence-corrected chi connectivity index (χ2v) is 6.68. The summed E-state index contributed by atoms with van der Waals surface area (Å²) in [5.41, 5.74) is 0. The zero-order valence-corrected chi connectivity index (χ0v) is 21.6. The number of carbonyl (C=O) groups is 3. The fourth-order valence-electron chi connectivity index (χ4n) is 2.74. The third kappa shape index (κ3) is 22.6. The Morgan fingerprint density at radius 2 is 1.19 bits per heavy atom. The Balaban J connectivity index is -0.00000288. The van der Waals surface area contributed by atoms with Crippen LogP contribution in [0.3, 0.4) is 0 Å². The molecule has 0 aromatic rings. The van der Waals surface area contributed by atoms with E-state index in [1.165, 1.54) is 51.4 Å². The maximum absolute atomic E-state index is 11.7.